The highest BCUT2D eigenvalue weighted by Crippen LogP contribution is 2.16. The fraction of sp³-hybridized carbons (Fsp3) is 0.273. The molecule has 2 rings (SSSR count). The van der Waals surface area contributed by atoms with Gasteiger partial charge in [-0.25, -0.2) is 8.42 Å². The van der Waals surface area contributed by atoms with Crippen LogP contribution in [0.2, 0.25) is 0 Å². The first-order valence-corrected chi connectivity index (χ1v) is 7.06. The molecule has 7 heteroatoms. The summed E-state index contributed by atoms with van der Waals surface area (Å²) in [4.78, 5) is 4.24. The maximum atomic E-state index is 11.3. The molecule has 0 aliphatic rings. The zero-order valence-electron chi connectivity index (χ0n) is 9.95. The minimum absolute atomic E-state index is 0.152. The molecule has 0 fully saturated rings. The third kappa shape index (κ3) is 3.07. The molecule has 0 saturated carbocycles. The molecule has 0 N–H and O–H groups in total. The van der Waals surface area contributed by atoms with Crippen molar-refractivity contribution < 1.29 is 17.7 Å². The lowest BCUT2D eigenvalue weighted by Gasteiger charge is -2.03. The molecule has 0 aliphatic heterocycles. The molecule has 2 aromatic rings. The van der Waals surface area contributed by atoms with E-state index in [2.05, 4.69) is 10.1 Å². The number of nitrogens with zero attached hydrogens (tertiary/aromatic N) is 2. The first kappa shape index (κ1) is 12.6. The lowest BCUT2D eigenvalue weighted by Crippen LogP contribution is -1.98. The van der Waals surface area contributed by atoms with Crippen molar-refractivity contribution >= 4 is 9.84 Å². The first-order chi connectivity index (χ1) is 8.45. The van der Waals surface area contributed by atoms with Gasteiger partial charge in [0.05, 0.1) is 4.90 Å². The largest absolute Gasteiger partial charge is 0.484 e. The molecule has 1 heterocycles. The molecule has 0 atom stereocenters. The third-order valence-electron chi connectivity index (χ3n) is 2.18. The molecule has 0 saturated heterocycles. The summed E-state index contributed by atoms with van der Waals surface area (Å²) in [5.41, 5.74) is 0. The summed E-state index contributed by atoms with van der Waals surface area (Å²) >= 11 is 0. The van der Waals surface area contributed by atoms with Gasteiger partial charge >= 0.3 is 0 Å². The number of benzene rings is 1. The smallest absolute Gasteiger partial charge is 0.264 e. The van der Waals surface area contributed by atoms with Crippen molar-refractivity contribution in [3.63, 3.8) is 0 Å². The molecule has 0 bridgehead atoms. The van der Waals surface area contributed by atoms with Crippen LogP contribution in [0.3, 0.4) is 0 Å². The highest BCUT2D eigenvalue weighted by Gasteiger charge is 2.07. The van der Waals surface area contributed by atoms with Crippen molar-refractivity contribution in [1.82, 2.24) is 10.1 Å². The second kappa shape index (κ2) is 4.77. The van der Waals surface area contributed by atoms with E-state index < -0.39 is 9.84 Å². The summed E-state index contributed by atoms with van der Waals surface area (Å²) in [5.74, 6) is 1.46. The maximum absolute atomic E-state index is 11.3. The highest BCUT2D eigenvalue weighted by molar-refractivity contribution is 7.90. The average Bonchev–Trinajstić information content (AvgIpc) is 2.72. The van der Waals surface area contributed by atoms with Gasteiger partial charge < -0.3 is 9.26 Å². The fourth-order valence-electron chi connectivity index (χ4n) is 1.33. The Morgan fingerprint density at radius 1 is 1.28 bits per heavy atom. The number of rotatable bonds is 4. The Hall–Kier alpha value is -1.89. The van der Waals surface area contributed by atoms with Gasteiger partial charge in [-0.3, -0.25) is 0 Å². The van der Waals surface area contributed by atoms with E-state index in [0.717, 1.165) is 6.26 Å². The number of sulfone groups is 1. The third-order valence-corrected chi connectivity index (χ3v) is 3.31. The molecule has 0 amide bonds. The van der Waals surface area contributed by atoms with E-state index in [-0.39, 0.29) is 11.5 Å². The van der Waals surface area contributed by atoms with Gasteiger partial charge in [-0.2, -0.15) is 4.98 Å². The highest BCUT2D eigenvalue weighted by atomic mass is 32.2. The van der Waals surface area contributed by atoms with Gasteiger partial charge in [0.1, 0.15) is 5.75 Å². The Kier molecular flexibility index (Phi) is 3.33. The molecular formula is C11H12N2O4S. The number of hydrogen-bond acceptors (Lipinski definition) is 6. The molecule has 0 spiro atoms. The van der Waals surface area contributed by atoms with Crippen LogP contribution in [0.5, 0.6) is 5.75 Å². The van der Waals surface area contributed by atoms with Crippen LogP contribution in [-0.4, -0.2) is 24.8 Å². The van der Waals surface area contributed by atoms with E-state index in [1.807, 2.05) is 0 Å². The van der Waals surface area contributed by atoms with Crippen LogP contribution in [0, 0.1) is 6.92 Å². The summed E-state index contributed by atoms with van der Waals surface area (Å²) < 4.78 is 32.8. The summed E-state index contributed by atoms with van der Waals surface area (Å²) in [6.45, 7) is 1.87. The van der Waals surface area contributed by atoms with E-state index >= 15 is 0 Å². The SMILES string of the molecule is Cc1noc(COc2ccc(S(C)(=O)=O)cc2)n1. The maximum Gasteiger partial charge on any atom is 0.264 e. The number of hydrogen-bond donors (Lipinski definition) is 0. The van der Waals surface area contributed by atoms with Crippen LogP contribution < -0.4 is 4.74 Å². The summed E-state index contributed by atoms with van der Waals surface area (Å²) in [7, 11) is -3.18. The van der Waals surface area contributed by atoms with Crippen LogP contribution >= 0.6 is 0 Å². The molecule has 1 aromatic heterocycles. The number of aromatic nitrogens is 2. The van der Waals surface area contributed by atoms with E-state index in [9.17, 15) is 8.42 Å². The Morgan fingerprint density at radius 3 is 2.44 bits per heavy atom. The lowest BCUT2D eigenvalue weighted by atomic mass is 10.3. The van der Waals surface area contributed by atoms with Gasteiger partial charge in [0, 0.05) is 6.26 Å². The van der Waals surface area contributed by atoms with Gasteiger partial charge in [-0.1, -0.05) is 5.16 Å². The van der Waals surface area contributed by atoms with E-state index in [1.165, 1.54) is 12.1 Å². The van der Waals surface area contributed by atoms with Crippen molar-refractivity contribution in [3.05, 3.63) is 36.0 Å². The monoisotopic (exact) mass is 268 g/mol. The van der Waals surface area contributed by atoms with Gasteiger partial charge in [0.25, 0.3) is 5.89 Å². The van der Waals surface area contributed by atoms with E-state index in [0.29, 0.717) is 17.5 Å². The van der Waals surface area contributed by atoms with Crippen molar-refractivity contribution in [1.29, 1.82) is 0 Å². The Labute approximate surface area is 105 Å². The second-order valence-electron chi connectivity index (χ2n) is 3.77. The van der Waals surface area contributed by atoms with Crippen LogP contribution in [0.25, 0.3) is 0 Å². The van der Waals surface area contributed by atoms with E-state index in [1.54, 1.807) is 19.1 Å². The summed E-state index contributed by atoms with van der Waals surface area (Å²) in [5, 5.41) is 3.63. The standard InChI is InChI=1S/C11H12N2O4S/c1-8-12-11(17-13-8)7-16-9-3-5-10(6-4-9)18(2,14)15/h3-6H,7H2,1-2H3. The summed E-state index contributed by atoms with van der Waals surface area (Å²) in [6.07, 6.45) is 1.16. The summed E-state index contributed by atoms with van der Waals surface area (Å²) in [6, 6.07) is 6.15. The molecule has 6 nitrogen and oxygen atoms in total. The molecule has 0 radical (unpaired) electrons. The molecule has 0 unspecified atom stereocenters. The van der Waals surface area contributed by atoms with Crippen LogP contribution in [-0.2, 0) is 16.4 Å². The molecule has 96 valence electrons. The minimum Gasteiger partial charge on any atom is -0.484 e. The van der Waals surface area contributed by atoms with Crippen molar-refractivity contribution in [3.8, 4) is 5.75 Å². The van der Waals surface area contributed by atoms with Gasteiger partial charge in [-0.05, 0) is 31.2 Å². The van der Waals surface area contributed by atoms with Crippen LogP contribution in [0.15, 0.2) is 33.7 Å². The topological polar surface area (TPSA) is 82.3 Å². The van der Waals surface area contributed by atoms with Crippen LogP contribution in [0.1, 0.15) is 11.7 Å². The molecular weight excluding hydrogens is 256 g/mol. The molecule has 1 aromatic carbocycles. The van der Waals surface area contributed by atoms with Gasteiger partial charge in [-0.15, -0.1) is 0 Å². The zero-order chi connectivity index (χ0) is 13.2. The van der Waals surface area contributed by atoms with Crippen molar-refractivity contribution in [2.24, 2.45) is 0 Å². The second-order valence-corrected chi connectivity index (χ2v) is 5.78. The normalized spacial score (nSPS) is 11.4. The Bertz CT molecular complexity index is 631. The van der Waals surface area contributed by atoms with Crippen molar-refractivity contribution in [2.45, 2.75) is 18.4 Å². The quantitative estimate of drug-likeness (QED) is 0.832. The predicted molar refractivity (Wildman–Crippen MR) is 62.9 cm³/mol. The molecule has 18 heavy (non-hydrogen) atoms. The minimum atomic E-state index is -3.18. The average molecular weight is 268 g/mol. The lowest BCUT2D eigenvalue weighted by molar-refractivity contribution is 0.242. The van der Waals surface area contributed by atoms with E-state index in [4.69, 9.17) is 9.26 Å². The number of aryl methyl sites for hydroxylation is 1. The van der Waals surface area contributed by atoms with Crippen molar-refractivity contribution in [2.75, 3.05) is 6.26 Å². The molecule has 0 aliphatic carbocycles. The Morgan fingerprint density at radius 2 is 1.94 bits per heavy atom. The van der Waals surface area contributed by atoms with Crippen LogP contribution in [0.4, 0.5) is 0 Å². The fourth-order valence-corrected chi connectivity index (χ4v) is 1.96. The van der Waals surface area contributed by atoms with Gasteiger partial charge in [0.2, 0.25) is 0 Å². The number of ether oxygens (including phenoxy) is 1. The van der Waals surface area contributed by atoms with Gasteiger partial charge in [0.15, 0.2) is 22.3 Å². The zero-order valence-corrected chi connectivity index (χ0v) is 10.8. The predicted octanol–water partition coefficient (Wildman–Crippen LogP) is 1.36. The first-order valence-electron chi connectivity index (χ1n) is 5.17. The Balaban J connectivity index is 2.03.